The third-order valence-electron chi connectivity index (χ3n) is 9.07. The van der Waals surface area contributed by atoms with Crippen LogP contribution in [0.2, 0.25) is 0 Å². The molecule has 5 atom stereocenters. The largest absolute Gasteiger partial charge is 0.396 e. The van der Waals surface area contributed by atoms with Crippen molar-refractivity contribution in [2.24, 2.45) is 22.2 Å². The van der Waals surface area contributed by atoms with Crippen molar-refractivity contribution in [3.63, 3.8) is 0 Å². The van der Waals surface area contributed by atoms with E-state index in [0.717, 1.165) is 49.8 Å². The highest BCUT2D eigenvalue weighted by molar-refractivity contribution is 7.15. The Hall–Kier alpha value is -1.59. The molecule has 1 aromatic rings. The van der Waals surface area contributed by atoms with Crippen molar-refractivity contribution < 1.29 is 24.5 Å². The highest BCUT2D eigenvalue weighted by Crippen LogP contribution is 2.62. The van der Waals surface area contributed by atoms with Gasteiger partial charge in [-0.3, -0.25) is 14.5 Å². The fourth-order valence-electron chi connectivity index (χ4n) is 6.78. The van der Waals surface area contributed by atoms with E-state index in [0.29, 0.717) is 37.4 Å². The lowest BCUT2D eigenvalue weighted by Gasteiger charge is -2.58. The molecule has 0 aromatic carbocycles. The van der Waals surface area contributed by atoms with Crippen LogP contribution in [0, 0.1) is 22.2 Å². The van der Waals surface area contributed by atoms with E-state index in [9.17, 15) is 19.8 Å². The summed E-state index contributed by atoms with van der Waals surface area (Å²) in [5.74, 6) is -0.261. The van der Waals surface area contributed by atoms with Gasteiger partial charge in [0, 0.05) is 55.2 Å². The summed E-state index contributed by atoms with van der Waals surface area (Å²) in [6.45, 7) is 14.7. The standard InChI is InChI=1S/C28H46N4O5S/c1-26(2,3)16-23(36)30-25-31-24-18(14-22(35)29-8-9-32-10-12-37-13-11-32)27(4)7-6-21(34)28(5,17-33)20(27)15-19(24)38-25/h18,20-21,33-34H,6-17H2,1-5H3,(H,29,35)(H,30,31,36). The number of ether oxygens (including phenoxy) is 1. The number of morpholine rings is 1. The molecular formula is C28H46N4O5S. The van der Waals surface area contributed by atoms with Crippen LogP contribution in [0.25, 0.3) is 0 Å². The van der Waals surface area contributed by atoms with Gasteiger partial charge in [0.05, 0.1) is 31.6 Å². The minimum atomic E-state index is -0.671. The first-order valence-corrected chi connectivity index (χ1v) is 14.8. The zero-order chi connectivity index (χ0) is 27.7. The normalized spacial score (nSPS) is 31.8. The second kappa shape index (κ2) is 11.5. The molecule has 0 bridgehead atoms. The second-order valence-corrected chi connectivity index (χ2v) is 14.2. The number of carbonyl (C=O) groups is 2. The van der Waals surface area contributed by atoms with Gasteiger partial charge >= 0.3 is 0 Å². The molecule has 9 nitrogen and oxygen atoms in total. The van der Waals surface area contributed by atoms with E-state index in [-0.39, 0.29) is 41.1 Å². The van der Waals surface area contributed by atoms with Gasteiger partial charge in [-0.2, -0.15) is 0 Å². The SMILES string of the molecule is CC(C)(C)CC(=O)Nc1nc2c(s1)CC1C(C)(CO)C(O)CCC1(C)C2CC(=O)NCCN1CCOCC1. The molecule has 5 unspecified atom stereocenters. The number of nitrogens with one attached hydrogen (secondary N) is 2. The van der Waals surface area contributed by atoms with Gasteiger partial charge in [-0.05, 0) is 36.0 Å². The fraction of sp³-hybridized carbons (Fsp3) is 0.821. The molecular weight excluding hydrogens is 504 g/mol. The van der Waals surface area contributed by atoms with E-state index in [1.165, 1.54) is 11.3 Å². The van der Waals surface area contributed by atoms with Gasteiger partial charge in [-0.1, -0.05) is 34.6 Å². The summed E-state index contributed by atoms with van der Waals surface area (Å²) >= 11 is 1.47. The van der Waals surface area contributed by atoms with Crippen molar-refractivity contribution in [3.05, 3.63) is 10.6 Å². The maximum atomic E-state index is 13.3. The predicted octanol–water partition coefficient (Wildman–Crippen LogP) is 2.77. The Balaban J connectivity index is 1.56. The number of hydrogen-bond donors (Lipinski definition) is 4. The van der Waals surface area contributed by atoms with E-state index in [1.54, 1.807) is 0 Å². The molecule has 0 radical (unpaired) electrons. The van der Waals surface area contributed by atoms with Gasteiger partial charge < -0.3 is 25.6 Å². The van der Waals surface area contributed by atoms with Crippen molar-refractivity contribution >= 4 is 28.3 Å². The van der Waals surface area contributed by atoms with Gasteiger partial charge in [-0.15, -0.1) is 11.3 Å². The first-order valence-electron chi connectivity index (χ1n) is 14.0. The zero-order valence-corrected chi connectivity index (χ0v) is 24.5. The molecule has 2 aliphatic carbocycles. The minimum absolute atomic E-state index is 0.0130. The van der Waals surface area contributed by atoms with Crippen LogP contribution in [0.5, 0.6) is 0 Å². The highest BCUT2D eigenvalue weighted by atomic mass is 32.1. The van der Waals surface area contributed by atoms with Crippen LogP contribution in [0.1, 0.15) is 76.8 Å². The van der Waals surface area contributed by atoms with Gasteiger partial charge in [0.2, 0.25) is 11.8 Å². The summed E-state index contributed by atoms with van der Waals surface area (Å²) in [6.07, 6.45) is 2.08. The molecule has 4 N–H and O–H groups in total. The number of anilines is 1. The van der Waals surface area contributed by atoms with E-state index >= 15 is 0 Å². The number of aliphatic hydroxyl groups is 2. The Labute approximate surface area is 230 Å². The molecule has 2 amide bonds. The Morgan fingerprint density at radius 3 is 2.58 bits per heavy atom. The van der Waals surface area contributed by atoms with Crippen molar-refractivity contribution in [3.8, 4) is 0 Å². The maximum Gasteiger partial charge on any atom is 0.226 e. The van der Waals surface area contributed by atoms with Crippen molar-refractivity contribution in [2.75, 3.05) is 51.3 Å². The van der Waals surface area contributed by atoms with E-state index in [2.05, 4.69) is 22.5 Å². The maximum absolute atomic E-state index is 13.3. The number of fused-ring (bicyclic) bond motifs is 2. The molecule has 214 valence electrons. The number of hydrogen-bond acceptors (Lipinski definition) is 8. The quantitative estimate of drug-likeness (QED) is 0.392. The predicted molar refractivity (Wildman–Crippen MR) is 148 cm³/mol. The first-order chi connectivity index (χ1) is 17.9. The van der Waals surface area contributed by atoms with Gasteiger partial charge in [0.25, 0.3) is 0 Å². The summed E-state index contributed by atoms with van der Waals surface area (Å²) in [6, 6.07) is 0. The van der Waals surface area contributed by atoms with Gasteiger partial charge in [0.1, 0.15) is 0 Å². The minimum Gasteiger partial charge on any atom is -0.396 e. The van der Waals surface area contributed by atoms with Crippen molar-refractivity contribution in [1.29, 1.82) is 0 Å². The van der Waals surface area contributed by atoms with Gasteiger partial charge in [0.15, 0.2) is 5.13 Å². The molecule has 2 heterocycles. The second-order valence-electron chi connectivity index (χ2n) is 13.2. The number of aromatic nitrogens is 1. The molecule has 38 heavy (non-hydrogen) atoms. The van der Waals surface area contributed by atoms with Crippen LogP contribution in [0.15, 0.2) is 0 Å². The fourth-order valence-corrected chi connectivity index (χ4v) is 7.86. The smallest absolute Gasteiger partial charge is 0.226 e. The van der Waals surface area contributed by atoms with Crippen LogP contribution < -0.4 is 10.6 Å². The van der Waals surface area contributed by atoms with Crippen LogP contribution in [0.4, 0.5) is 5.13 Å². The highest BCUT2D eigenvalue weighted by Gasteiger charge is 2.59. The third-order valence-corrected chi connectivity index (χ3v) is 10.1. The summed E-state index contributed by atoms with van der Waals surface area (Å²) in [5, 5.41) is 28.1. The van der Waals surface area contributed by atoms with E-state index in [1.807, 2.05) is 27.7 Å². The Morgan fingerprint density at radius 2 is 1.92 bits per heavy atom. The molecule has 1 aliphatic heterocycles. The summed E-state index contributed by atoms with van der Waals surface area (Å²) in [5.41, 5.74) is -0.231. The summed E-state index contributed by atoms with van der Waals surface area (Å²) in [7, 11) is 0. The average molecular weight is 551 g/mol. The number of thiazole rings is 1. The van der Waals surface area contributed by atoms with Crippen LogP contribution in [-0.4, -0.2) is 84.0 Å². The molecule has 3 aliphatic rings. The number of carbonyl (C=O) groups excluding carboxylic acids is 2. The molecule has 10 heteroatoms. The third kappa shape index (κ3) is 6.25. The van der Waals surface area contributed by atoms with Crippen molar-refractivity contribution in [2.45, 2.75) is 78.7 Å². The molecule has 4 rings (SSSR count). The Bertz CT molecular complexity index is 1000. The Kier molecular flexibility index (Phi) is 8.89. The number of nitrogens with zero attached hydrogens (tertiary/aromatic N) is 2. The first kappa shape index (κ1) is 29.4. The van der Waals surface area contributed by atoms with Crippen LogP contribution in [-0.2, 0) is 20.7 Å². The van der Waals surface area contributed by atoms with Crippen molar-refractivity contribution in [1.82, 2.24) is 15.2 Å². The topological polar surface area (TPSA) is 124 Å². The lowest BCUT2D eigenvalue weighted by Crippen LogP contribution is -2.57. The number of amides is 2. The molecule has 1 saturated carbocycles. The average Bonchev–Trinajstić information content (AvgIpc) is 3.24. The number of aliphatic hydroxyl groups excluding tert-OH is 2. The van der Waals surface area contributed by atoms with E-state index in [4.69, 9.17) is 9.72 Å². The lowest BCUT2D eigenvalue weighted by molar-refractivity contribution is -0.144. The summed E-state index contributed by atoms with van der Waals surface area (Å²) < 4.78 is 5.41. The van der Waals surface area contributed by atoms with E-state index < -0.39 is 11.5 Å². The molecule has 0 spiro atoms. The molecule has 2 fully saturated rings. The monoisotopic (exact) mass is 550 g/mol. The molecule has 1 aromatic heterocycles. The van der Waals surface area contributed by atoms with Crippen LogP contribution >= 0.6 is 11.3 Å². The summed E-state index contributed by atoms with van der Waals surface area (Å²) in [4.78, 5) is 34.2. The molecule has 1 saturated heterocycles. The zero-order valence-electron chi connectivity index (χ0n) is 23.6. The van der Waals surface area contributed by atoms with Crippen LogP contribution in [0.3, 0.4) is 0 Å². The lowest BCUT2D eigenvalue weighted by atomic mass is 9.47. The van der Waals surface area contributed by atoms with Gasteiger partial charge in [-0.25, -0.2) is 4.98 Å². The Morgan fingerprint density at radius 1 is 1.21 bits per heavy atom. The number of rotatable bonds is 8.